The molecule has 162 valence electrons. The van der Waals surface area contributed by atoms with Crippen LogP contribution in [0.1, 0.15) is 42.3 Å². The number of hydrogen-bond donors (Lipinski definition) is 0. The molecule has 5 rings (SSSR count). The van der Waals surface area contributed by atoms with Gasteiger partial charge in [0.1, 0.15) is 5.82 Å². The van der Waals surface area contributed by atoms with Gasteiger partial charge >= 0.3 is 0 Å². The molecule has 1 aromatic heterocycles. The van der Waals surface area contributed by atoms with Gasteiger partial charge in [0, 0.05) is 18.4 Å². The van der Waals surface area contributed by atoms with Crippen LogP contribution < -0.4 is 10.5 Å². The highest BCUT2D eigenvalue weighted by atomic mass is 16.1. The number of aryl methyl sites for hydroxylation is 2. The van der Waals surface area contributed by atoms with E-state index >= 15 is 0 Å². The molecule has 0 radical (unpaired) electrons. The van der Waals surface area contributed by atoms with Crippen molar-refractivity contribution in [1.82, 2.24) is 9.55 Å². The molecule has 32 heavy (non-hydrogen) atoms. The van der Waals surface area contributed by atoms with Crippen molar-refractivity contribution in [2.75, 3.05) is 11.9 Å². The summed E-state index contributed by atoms with van der Waals surface area (Å²) in [5.74, 6) is 1.26. The van der Waals surface area contributed by atoms with E-state index in [4.69, 9.17) is 4.98 Å². The number of anilines is 2. The SMILES string of the molecule is Cc1ccc(N(C)c2ccc3nc(C)n(C(c4ccccc4)C4CCC4)c(=O)c3c2)cc1. The van der Waals surface area contributed by atoms with Gasteiger partial charge in [-0.2, -0.15) is 0 Å². The third-order valence-electron chi connectivity index (χ3n) is 6.88. The van der Waals surface area contributed by atoms with Crippen LogP contribution in [0, 0.1) is 19.8 Å². The summed E-state index contributed by atoms with van der Waals surface area (Å²) in [6, 6.07) is 24.9. The van der Waals surface area contributed by atoms with Crippen LogP contribution in [0.15, 0.2) is 77.6 Å². The predicted molar refractivity (Wildman–Crippen MR) is 132 cm³/mol. The van der Waals surface area contributed by atoms with Crippen molar-refractivity contribution in [1.29, 1.82) is 0 Å². The molecule has 0 bridgehead atoms. The minimum absolute atomic E-state index is 0.0350. The Labute approximate surface area is 189 Å². The van der Waals surface area contributed by atoms with E-state index in [1.165, 1.54) is 17.5 Å². The fraction of sp³-hybridized carbons (Fsp3) is 0.286. The molecule has 0 amide bonds. The standard InChI is InChI=1S/C28H29N3O/c1-19-12-14-23(15-13-19)30(3)24-16-17-26-25(18-24)28(32)31(20(2)29-26)27(22-10-7-11-22)21-8-5-4-6-9-21/h4-6,8-9,12-18,22,27H,7,10-11H2,1-3H3. The van der Waals surface area contributed by atoms with E-state index in [9.17, 15) is 4.79 Å². The fourth-order valence-electron chi connectivity index (χ4n) is 4.79. The second-order valence-electron chi connectivity index (χ2n) is 8.98. The lowest BCUT2D eigenvalue weighted by Gasteiger charge is -2.36. The smallest absolute Gasteiger partial charge is 0.262 e. The van der Waals surface area contributed by atoms with Gasteiger partial charge in [0.2, 0.25) is 0 Å². The maximum atomic E-state index is 13.9. The number of fused-ring (bicyclic) bond motifs is 1. The van der Waals surface area contributed by atoms with Gasteiger partial charge in [-0.25, -0.2) is 4.98 Å². The van der Waals surface area contributed by atoms with Crippen LogP contribution in [0.5, 0.6) is 0 Å². The summed E-state index contributed by atoms with van der Waals surface area (Å²) < 4.78 is 1.94. The van der Waals surface area contributed by atoms with Gasteiger partial charge in [-0.15, -0.1) is 0 Å². The first-order chi connectivity index (χ1) is 15.5. The lowest BCUT2D eigenvalue weighted by molar-refractivity contribution is 0.231. The minimum Gasteiger partial charge on any atom is -0.345 e. The van der Waals surface area contributed by atoms with Crippen molar-refractivity contribution in [3.05, 3.63) is 100 Å². The van der Waals surface area contributed by atoms with Crippen molar-refractivity contribution in [2.24, 2.45) is 5.92 Å². The first-order valence-corrected chi connectivity index (χ1v) is 11.4. The second kappa shape index (κ2) is 8.27. The molecule has 1 atom stereocenters. The van der Waals surface area contributed by atoms with E-state index in [0.717, 1.165) is 35.6 Å². The highest BCUT2D eigenvalue weighted by molar-refractivity contribution is 5.83. The molecule has 3 aromatic carbocycles. The van der Waals surface area contributed by atoms with Crippen molar-refractivity contribution < 1.29 is 0 Å². The monoisotopic (exact) mass is 423 g/mol. The molecule has 4 nitrogen and oxygen atoms in total. The average Bonchev–Trinajstić information content (AvgIpc) is 2.77. The summed E-state index contributed by atoms with van der Waals surface area (Å²) in [5.41, 5.74) is 5.29. The van der Waals surface area contributed by atoms with Gasteiger partial charge < -0.3 is 4.90 Å². The molecular weight excluding hydrogens is 394 g/mol. The van der Waals surface area contributed by atoms with Crippen LogP contribution in [0.25, 0.3) is 10.9 Å². The van der Waals surface area contributed by atoms with Crippen LogP contribution in [0.3, 0.4) is 0 Å². The molecule has 1 aliphatic rings. The van der Waals surface area contributed by atoms with E-state index in [-0.39, 0.29) is 11.6 Å². The van der Waals surface area contributed by atoms with E-state index < -0.39 is 0 Å². The zero-order valence-corrected chi connectivity index (χ0v) is 19.0. The normalized spacial score (nSPS) is 14.8. The zero-order chi connectivity index (χ0) is 22.2. The molecule has 1 unspecified atom stereocenters. The quantitative estimate of drug-likeness (QED) is 0.385. The van der Waals surface area contributed by atoms with Crippen molar-refractivity contribution in [2.45, 2.75) is 39.2 Å². The summed E-state index contributed by atoms with van der Waals surface area (Å²) in [4.78, 5) is 20.8. The molecule has 1 aliphatic carbocycles. The van der Waals surface area contributed by atoms with Gasteiger partial charge in [0.05, 0.1) is 16.9 Å². The van der Waals surface area contributed by atoms with E-state index in [2.05, 4.69) is 60.4 Å². The summed E-state index contributed by atoms with van der Waals surface area (Å²) in [6.07, 6.45) is 3.54. The third-order valence-corrected chi connectivity index (χ3v) is 6.88. The van der Waals surface area contributed by atoms with Crippen LogP contribution >= 0.6 is 0 Å². The molecule has 0 N–H and O–H groups in total. The Morgan fingerprint density at radius 3 is 2.28 bits per heavy atom. The molecular formula is C28H29N3O. The van der Waals surface area contributed by atoms with E-state index in [1.807, 2.05) is 42.8 Å². The highest BCUT2D eigenvalue weighted by Gasteiger charge is 2.32. The molecule has 1 fully saturated rings. The average molecular weight is 424 g/mol. The van der Waals surface area contributed by atoms with Gasteiger partial charge in [-0.3, -0.25) is 9.36 Å². The Balaban J connectivity index is 1.64. The summed E-state index contributed by atoms with van der Waals surface area (Å²) in [5, 5.41) is 0.673. The van der Waals surface area contributed by atoms with Crippen LogP contribution in [0.2, 0.25) is 0 Å². The Morgan fingerprint density at radius 1 is 0.938 bits per heavy atom. The molecule has 1 heterocycles. The zero-order valence-electron chi connectivity index (χ0n) is 19.0. The second-order valence-corrected chi connectivity index (χ2v) is 8.98. The number of hydrogen-bond acceptors (Lipinski definition) is 3. The number of nitrogens with zero attached hydrogens (tertiary/aromatic N) is 3. The third kappa shape index (κ3) is 3.60. The van der Waals surface area contributed by atoms with E-state index in [0.29, 0.717) is 11.3 Å². The molecule has 1 saturated carbocycles. The first kappa shape index (κ1) is 20.5. The fourth-order valence-corrected chi connectivity index (χ4v) is 4.79. The highest BCUT2D eigenvalue weighted by Crippen LogP contribution is 2.40. The largest absolute Gasteiger partial charge is 0.345 e. The van der Waals surface area contributed by atoms with Crippen molar-refractivity contribution in [3.63, 3.8) is 0 Å². The van der Waals surface area contributed by atoms with Crippen molar-refractivity contribution in [3.8, 4) is 0 Å². The van der Waals surface area contributed by atoms with Gasteiger partial charge in [0.15, 0.2) is 0 Å². The van der Waals surface area contributed by atoms with Gasteiger partial charge in [-0.05, 0) is 68.5 Å². The summed E-state index contributed by atoms with van der Waals surface area (Å²) in [6.45, 7) is 4.04. The molecule has 0 saturated heterocycles. The number of aromatic nitrogens is 2. The van der Waals surface area contributed by atoms with Crippen LogP contribution in [-0.4, -0.2) is 16.6 Å². The van der Waals surface area contributed by atoms with Crippen LogP contribution in [0.4, 0.5) is 11.4 Å². The molecule has 4 aromatic rings. The van der Waals surface area contributed by atoms with Crippen molar-refractivity contribution >= 4 is 22.3 Å². The lowest BCUT2D eigenvalue weighted by atomic mass is 9.77. The number of benzene rings is 3. The van der Waals surface area contributed by atoms with Gasteiger partial charge in [0.25, 0.3) is 5.56 Å². The molecule has 4 heteroatoms. The Kier molecular flexibility index (Phi) is 5.30. The maximum absolute atomic E-state index is 13.9. The Morgan fingerprint density at radius 2 is 1.62 bits per heavy atom. The van der Waals surface area contributed by atoms with Gasteiger partial charge in [-0.1, -0.05) is 54.4 Å². The number of rotatable bonds is 5. The molecule has 0 spiro atoms. The lowest BCUT2D eigenvalue weighted by Crippen LogP contribution is -2.35. The summed E-state index contributed by atoms with van der Waals surface area (Å²) >= 11 is 0. The first-order valence-electron chi connectivity index (χ1n) is 11.4. The Hall–Kier alpha value is -3.40. The Bertz CT molecular complexity index is 1300. The molecule has 0 aliphatic heterocycles. The summed E-state index contributed by atoms with van der Waals surface area (Å²) in [7, 11) is 2.03. The maximum Gasteiger partial charge on any atom is 0.262 e. The van der Waals surface area contributed by atoms with Crippen LogP contribution in [-0.2, 0) is 0 Å². The predicted octanol–water partition coefficient (Wildman–Crippen LogP) is 6.17. The minimum atomic E-state index is 0.0350. The van der Waals surface area contributed by atoms with E-state index in [1.54, 1.807) is 0 Å². The topological polar surface area (TPSA) is 38.1 Å².